The minimum atomic E-state index is -0.834. The van der Waals surface area contributed by atoms with E-state index in [0.29, 0.717) is 5.69 Å². The maximum Gasteiger partial charge on any atom is 0.359 e. The predicted octanol–water partition coefficient (Wildman–Crippen LogP) is 2.22. The van der Waals surface area contributed by atoms with Crippen molar-refractivity contribution in [1.82, 2.24) is 14.7 Å². The summed E-state index contributed by atoms with van der Waals surface area (Å²) in [6, 6.07) is 0.275. The highest BCUT2D eigenvalue weighted by Gasteiger charge is 2.35. The van der Waals surface area contributed by atoms with Crippen LogP contribution in [0.4, 0.5) is 0 Å². The second-order valence-corrected chi connectivity index (χ2v) is 7.10. The van der Waals surface area contributed by atoms with Gasteiger partial charge in [0.25, 0.3) is 0 Å². The summed E-state index contributed by atoms with van der Waals surface area (Å²) < 4.78 is 7.21. The zero-order chi connectivity index (χ0) is 18.0. The van der Waals surface area contributed by atoms with Crippen LogP contribution >= 0.6 is 0 Å². The fourth-order valence-corrected chi connectivity index (χ4v) is 4.13. The van der Waals surface area contributed by atoms with Crippen LogP contribution in [0.2, 0.25) is 0 Å². The lowest BCUT2D eigenvalue weighted by atomic mass is 9.83. The smallest absolute Gasteiger partial charge is 0.359 e. The van der Waals surface area contributed by atoms with Gasteiger partial charge in [-0.15, -0.1) is 0 Å². The summed E-state index contributed by atoms with van der Waals surface area (Å²) in [7, 11) is 2.11. The number of hydrogen-bond donors (Lipinski definition) is 1. The van der Waals surface area contributed by atoms with E-state index in [1.807, 2.05) is 4.68 Å². The van der Waals surface area contributed by atoms with Gasteiger partial charge in [-0.25, -0.2) is 4.79 Å². The molecule has 1 aromatic rings. The number of likely N-dealkylation sites (tertiary alicyclic amines) is 1. The molecule has 1 aromatic heterocycles. The fourth-order valence-electron chi connectivity index (χ4n) is 4.13. The molecule has 1 aliphatic carbocycles. The maximum atomic E-state index is 12.4. The molecule has 0 bridgehead atoms. The van der Waals surface area contributed by atoms with Gasteiger partial charge in [-0.2, -0.15) is 5.10 Å². The van der Waals surface area contributed by atoms with E-state index >= 15 is 0 Å². The molecule has 0 spiro atoms. The van der Waals surface area contributed by atoms with E-state index in [1.54, 1.807) is 6.92 Å². The Morgan fingerprint density at radius 1 is 1.28 bits per heavy atom. The SMILES string of the molecule is CCOC(=O)c1nn(C2CCN(C)CC2)c2c1C(CC(=O)O)CCC2. The van der Waals surface area contributed by atoms with Gasteiger partial charge in [0.05, 0.1) is 19.1 Å². The van der Waals surface area contributed by atoms with E-state index < -0.39 is 11.9 Å². The molecule has 7 nitrogen and oxygen atoms in total. The van der Waals surface area contributed by atoms with Crippen molar-refractivity contribution in [1.29, 1.82) is 0 Å². The van der Waals surface area contributed by atoms with Gasteiger partial charge in [0.2, 0.25) is 0 Å². The van der Waals surface area contributed by atoms with Crippen molar-refractivity contribution >= 4 is 11.9 Å². The van der Waals surface area contributed by atoms with Crippen molar-refractivity contribution in [2.45, 2.75) is 57.4 Å². The van der Waals surface area contributed by atoms with Crippen molar-refractivity contribution < 1.29 is 19.4 Å². The quantitative estimate of drug-likeness (QED) is 0.821. The number of rotatable bonds is 5. The zero-order valence-electron chi connectivity index (χ0n) is 15.0. The van der Waals surface area contributed by atoms with E-state index in [1.165, 1.54) is 0 Å². The topological polar surface area (TPSA) is 84.7 Å². The predicted molar refractivity (Wildman–Crippen MR) is 91.9 cm³/mol. The molecule has 2 aliphatic rings. The molecule has 138 valence electrons. The van der Waals surface area contributed by atoms with Crippen molar-refractivity contribution in [3.05, 3.63) is 17.0 Å². The summed E-state index contributed by atoms with van der Waals surface area (Å²) in [5.74, 6) is -1.41. The van der Waals surface area contributed by atoms with Crippen LogP contribution in [0.25, 0.3) is 0 Å². The molecule has 0 aromatic carbocycles. The molecule has 0 radical (unpaired) electrons. The highest BCUT2D eigenvalue weighted by Crippen LogP contribution is 2.39. The normalized spacial score (nSPS) is 21.8. The average Bonchev–Trinajstić information content (AvgIpc) is 2.96. The van der Waals surface area contributed by atoms with E-state index in [2.05, 4.69) is 17.0 Å². The molecule has 0 amide bonds. The third kappa shape index (κ3) is 3.71. The van der Waals surface area contributed by atoms with Gasteiger partial charge >= 0.3 is 11.9 Å². The first-order valence-electron chi connectivity index (χ1n) is 9.20. The van der Waals surface area contributed by atoms with Crippen LogP contribution in [0, 0.1) is 0 Å². The summed E-state index contributed by atoms with van der Waals surface area (Å²) in [4.78, 5) is 26.0. The van der Waals surface area contributed by atoms with Gasteiger partial charge in [0.1, 0.15) is 0 Å². The highest BCUT2D eigenvalue weighted by molar-refractivity contribution is 5.90. The van der Waals surface area contributed by atoms with Crippen molar-refractivity contribution in [3.8, 4) is 0 Å². The number of nitrogens with zero attached hydrogens (tertiary/aromatic N) is 3. The largest absolute Gasteiger partial charge is 0.481 e. The second-order valence-electron chi connectivity index (χ2n) is 7.10. The number of hydrogen-bond acceptors (Lipinski definition) is 5. The Kier molecular flexibility index (Phi) is 5.42. The first-order valence-corrected chi connectivity index (χ1v) is 9.20. The monoisotopic (exact) mass is 349 g/mol. The van der Waals surface area contributed by atoms with Crippen LogP contribution in [-0.4, -0.2) is 58.5 Å². The lowest BCUT2D eigenvalue weighted by molar-refractivity contribution is -0.137. The molecule has 1 fully saturated rings. The molecule has 1 unspecified atom stereocenters. The Labute approximate surface area is 147 Å². The third-order valence-electron chi connectivity index (χ3n) is 5.35. The minimum absolute atomic E-state index is 0.0402. The zero-order valence-corrected chi connectivity index (χ0v) is 15.0. The number of carboxylic acid groups (broad SMARTS) is 1. The number of ether oxygens (including phenoxy) is 1. The Hall–Kier alpha value is -1.89. The van der Waals surface area contributed by atoms with Crippen molar-refractivity contribution in [2.75, 3.05) is 26.7 Å². The molecule has 1 N–H and O–H groups in total. The number of esters is 1. The fraction of sp³-hybridized carbons (Fsp3) is 0.722. The van der Waals surface area contributed by atoms with Crippen LogP contribution in [0.3, 0.4) is 0 Å². The Morgan fingerprint density at radius 3 is 2.64 bits per heavy atom. The third-order valence-corrected chi connectivity index (χ3v) is 5.35. The Morgan fingerprint density at radius 2 is 2.00 bits per heavy atom. The Balaban J connectivity index is 1.99. The maximum absolute atomic E-state index is 12.4. The number of carbonyl (C=O) groups is 2. The summed E-state index contributed by atoms with van der Waals surface area (Å²) >= 11 is 0. The van der Waals surface area contributed by atoms with Crippen LogP contribution in [0.1, 0.15) is 72.7 Å². The molecule has 2 heterocycles. The number of aromatic nitrogens is 2. The summed E-state index contributed by atoms with van der Waals surface area (Å²) in [6.07, 6.45) is 4.60. The number of fused-ring (bicyclic) bond motifs is 1. The van der Waals surface area contributed by atoms with Gasteiger partial charge in [-0.3, -0.25) is 9.48 Å². The minimum Gasteiger partial charge on any atom is -0.481 e. The molecule has 3 rings (SSSR count). The van der Waals surface area contributed by atoms with Gasteiger partial charge in [-0.05, 0) is 65.1 Å². The lowest BCUT2D eigenvalue weighted by Crippen LogP contribution is -2.32. The van der Waals surface area contributed by atoms with E-state index in [0.717, 1.165) is 56.5 Å². The molecule has 1 saturated heterocycles. The first kappa shape index (κ1) is 17.9. The van der Waals surface area contributed by atoms with Gasteiger partial charge in [0, 0.05) is 11.3 Å². The summed E-state index contributed by atoms with van der Waals surface area (Å²) in [5.41, 5.74) is 2.21. The standard InChI is InChI=1S/C18H27N3O4/c1-3-25-18(24)17-16-12(11-15(22)23)5-4-6-14(16)21(19-17)13-7-9-20(2)10-8-13/h12-13H,3-11H2,1-2H3,(H,22,23). The summed E-state index contributed by atoms with van der Waals surface area (Å²) in [5, 5.41) is 13.9. The first-order chi connectivity index (χ1) is 12.0. The number of aliphatic carboxylic acids is 1. The van der Waals surface area contributed by atoms with Gasteiger partial charge in [0.15, 0.2) is 5.69 Å². The van der Waals surface area contributed by atoms with Crippen molar-refractivity contribution in [2.24, 2.45) is 0 Å². The van der Waals surface area contributed by atoms with Crippen LogP contribution < -0.4 is 0 Å². The van der Waals surface area contributed by atoms with E-state index in [-0.39, 0.29) is 25.0 Å². The molecule has 0 saturated carbocycles. The van der Waals surface area contributed by atoms with Crippen LogP contribution in [0.5, 0.6) is 0 Å². The Bertz CT molecular complexity index is 647. The lowest BCUT2D eigenvalue weighted by Gasteiger charge is -2.31. The average molecular weight is 349 g/mol. The second kappa shape index (κ2) is 7.56. The van der Waals surface area contributed by atoms with E-state index in [9.17, 15) is 14.7 Å². The molecule has 1 atom stereocenters. The molecule has 25 heavy (non-hydrogen) atoms. The molecule has 7 heteroatoms. The van der Waals surface area contributed by atoms with E-state index in [4.69, 9.17) is 4.74 Å². The highest BCUT2D eigenvalue weighted by atomic mass is 16.5. The molecular formula is C18H27N3O4. The number of piperidine rings is 1. The van der Waals surface area contributed by atoms with Gasteiger partial charge < -0.3 is 14.7 Å². The van der Waals surface area contributed by atoms with Crippen molar-refractivity contribution in [3.63, 3.8) is 0 Å². The van der Waals surface area contributed by atoms with Crippen LogP contribution in [0.15, 0.2) is 0 Å². The van der Waals surface area contributed by atoms with Crippen LogP contribution in [-0.2, 0) is 16.0 Å². The number of carboxylic acids is 1. The molecule has 1 aliphatic heterocycles. The summed E-state index contributed by atoms with van der Waals surface area (Å²) in [6.45, 7) is 4.07. The van der Waals surface area contributed by atoms with Gasteiger partial charge in [-0.1, -0.05) is 0 Å². The molecular weight excluding hydrogens is 322 g/mol. The number of carbonyl (C=O) groups excluding carboxylic acids is 1.